The van der Waals surface area contributed by atoms with Crippen LogP contribution in [0.25, 0.3) is 16.9 Å². The van der Waals surface area contributed by atoms with Crippen LogP contribution >= 0.6 is 0 Å². The second-order valence-electron chi connectivity index (χ2n) is 4.29. The Labute approximate surface area is 110 Å². The number of rotatable bonds is 3. The molecule has 3 aromatic rings. The first-order valence-electron chi connectivity index (χ1n) is 6.10. The molecule has 0 aliphatic heterocycles. The zero-order valence-corrected chi connectivity index (χ0v) is 10.8. The van der Waals surface area contributed by atoms with E-state index in [1.165, 1.54) is 0 Å². The molecule has 3 heterocycles. The summed E-state index contributed by atoms with van der Waals surface area (Å²) < 4.78 is 7.03. The molecule has 0 aliphatic rings. The van der Waals surface area contributed by atoms with Gasteiger partial charge in [0, 0.05) is 13.3 Å². The van der Waals surface area contributed by atoms with Gasteiger partial charge in [-0.25, -0.2) is 9.50 Å². The van der Waals surface area contributed by atoms with Gasteiger partial charge in [-0.3, -0.25) is 0 Å². The predicted octanol–water partition coefficient (Wildman–Crippen LogP) is 2.50. The SMILES string of the molecule is COC(C)c1cccc(-c2nnn3ccccc23)n1. The third-order valence-electron chi connectivity index (χ3n) is 3.11. The molecule has 1 unspecified atom stereocenters. The van der Waals surface area contributed by atoms with Crippen molar-refractivity contribution in [1.29, 1.82) is 0 Å². The summed E-state index contributed by atoms with van der Waals surface area (Å²) in [7, 11) is 1.67. The average Bonchev–Trinajstić information content (AvgIpc) is 2.90. The van der Waals surface area contributed by atoms with Crippen molar-refractivity contribution in [3.05, 3.63) is 48.3 Å². The third-order valence-corrected chi connectivity index (χ3v) is 3.11. The van der Waals surface area contributed by atoms with E-state index in [0.29, 0.717) is 0 Å². The van der Waals surface area contributed by atoms with Crippen LogP contribution in [0, 0.1) is 0 Å². The Morgan fingerprint density at radius 3 is 2.89 bits per heavy atom. The summed E-state index contributed by atoms with van der Waals surface area (Å²) in [4.78, 5) is 4.60. The van der Waals surface area contributed by atoms with Crippen LogP contribution in [0.5, 0.6) is 0 Å². The second kappa shape index (κ2) is 4.78. The molecule has 1 atom stereocenters. The van der Waals surface area contributed by atoms with Gasteiger partial charge < -0.3 is 4.74 Å². The van der Waals surface area contributed by atoms with Crippen molar-refractivity contribution in [1.82, 2.24) is 19.8 Å². The summed E-state index contributed by atoms with van der Waals surface area (Å²) in [5.74, 6) is 0. The molecule has 3 aromatic heterocycles. The van der Waals surface area contributed by atoms with Gasteiger partial charge in [0.25, 0.3) is 0 Å². The Balaban J connectivity index is 2.11. The molecule has 0 N–H and O–H groups in total. The summed E-state index contributed by atoms with van der Waals surface area (Å²) in [6.07, 6.45) is 1.83. The first-order chi connectivity index (χ1) is 9.29. The zero-order valence-electron chi connectivity index (χ0n) is 10.8. The van der Waals surface area contributed by atoms with E-state index in [0.717, 1.165) is 22.6 Å². The fourth-order valence-electron chi connectivity index (χ4n) is 1.96. The molecule has 19 heavy (non-hydrogen) atoms. The normalized spacial score (nSPS) is 12.7. The first-order valence-corrected chi connectivity index (χ1v) is 6.10. The van der Waals surface area contributed by atoms with Crippen molar-refractivity contribution in [2.24, 2.45) is 0 Å². The quantitative estimate of drug-likeness (QED) is 0.720. The number of nitrogens with zero attached hydrogens (tertiary/aromatic N) is 4. The molecule has 0 aliphatic carbocycles. The zero-order chi connectivity index (χ0) is 13.2. The van der Waals surface area contributed by atoms with Gasteiger partial charge >= 0.3 is 0 Å². The minimum atomic E-state index is -0.0400. The molecule has 0 aromatic carbocycles. The van der Waals surface area contributed by atoms with Crippen LogP contribution < -0.4 is 0 Å². The molecule has 0 saturated heterocycles. The molecule has 0 fully saturated rings. The standard InChI is InChI=1S/C14H14N4O/c1-10(19-2)11-6-5-7-12(15-11)14-13-8-3-4-9-18(13)17-16-14/h3-10H,1-2H3. The van der Waals surface area contributed by atoms with Crippen LogP contribution in [0.1, 0.15) is 18.7 Å². The lowest BCUT2D eigenvalue weighted by Gasteiger charge is -2.09. The highest BCUT2D eigenvalue weighted by atomic mass is 16.5. The molecule has 0 saturated carbocycles. The van der Waals surface area contributed by atoms with Crippen molar-refractivity contribution in [2.75, 3.05) is 7.11 Å². The Morgan fingerprint density at radius 1 is 1.16 bits per heavy atom. The lowest BCUT2D eigenvalue weighted by molar-refractivity contribution is 0.116. The van der Waals surface area contributed by atoms with Crippen LogP contribution in [0.15, 0.2) is 42.6 Å². The Hall–Kier alpha value is -2.27. The Morgan fingerprint density at radius 2 is 2.05 bits per heavy atom. The van der Waals surface area contributed by atoms with Gasteiger partial charge in [-0.1, -0.05) is 17.3 Å². The van der Waals surface area contributed by atoms with Gasteiger partial charge in [0.2, 0.25) is 0 Å². The molecule has 3 rings (SSSR count). The van der Waals surface area contributed by atoms with Gasteiger partial charge in [0.1, 0.15) is 5.69 Å². The van der Waals surface area contributed by atoms with Crippen molar-refractivity contribution in [2.45, 2.75) is 13.0 Å². The van der Waals surface area contributed by atoms with E-state index in [4.69, 9.17) is 4.74 Å². The minimum Gasteiger partial charge on any atom is -0.375 e. The second-order valence-corrected chi connectivity index (χ2v) is 4.29. The maximum Gasteiger partial charge on any atom is 0.139 e. The van der Waals surface area contributed by atoms with Crippen molar-refractivity contribution < 1.29 is 4.74 Å². The number of aromatic nitrogens is 4. The summed E-state index contributed by atoms with van der Waals surface area (Å²) >= 11 is 0. The molecule has 5 nitrogen and oxygen atoms in total. The van der Waals surface area contributed by atoms with Crippen LogP contribution in [-0.2, 0) is 4.74 Å². The topological polar surface area (TPSA) is 52.3 Å². The number of methoxy groups -OCH3 is 1. The molecule has 5 heteroatoms. The Bertz CT molecular complexity index is 707. The molecule has 96 valence electrons. The van der Waals surface area contributed by atoms with Gasteiger partial charge in [0.05, 0.1) is 23.0 Å². The average molecular weight is 254 g/mol. The largest absolute Gasteiger partial charge is 0.375 e. The number of hydrogen-bond donors (Lipinski definition) is 0. The van der Waals surface area contributed by atoms with Crippen LogP contribution in [0.2, 0.25) is 0 Å². The number of hydrogen-bond acceptors (Lipinski definition) is 4. The van der Waals surface area contributed by atoms with E-state index < -0.39 is 0 Å². The summed E-state index contributed by atoms with van der Waals surface area (Å²) in [5.41, 5.74) is 3.42. The van der Waals surface area contributed by atoms with Crippen molar-refractivity contribution in [3.8, 4) is 11.4 Å². The lowest BCUT2D eigenvalue weighted by atomic mass is 10.2. The number of ether oxygens (including phenoxy) is 1. The third kappa shape index (κ3) is 2.08. The summed E-state index contributed by atoms with van der Waals surface area (Å²) in [6.45, 7) is 1.97. The molecule has 0 amide bonds. The minimum absolute atomic E-state index is 0.0400. The maximum absolute atomic E-state index is 5.29. The van der Waals surface area contributed by atoms with Crippen LogP contribution in [-0.4, -0.2) is 26.9 Å². The molecular formula is C14H14N4O. The molecule has 0 spiro atoms. The van der Waals surface area contributed by atoms with E-state index >= 15 is 0 Å². The highest BCUT2D eigenvalue weighted by molar-refractivity contribution is 5.73. The first kappa shape index (κ1) is 11.8. The van der Waals surface area contributed by atoms with Crippen molar-refractivity contribution in [3.63, 3.8) is 0 Å². The smallest absolute Gasteiger partial charge is 0.139 e. The predicted molar refractivity (Wildman–Crippen MR) is 71.6 cm³/mol. The maximum atomic E-state index is 5.29. The summed E-state index contributed by atoms with van der Waals surface area (Å²) in [6, 6.07) is 11.7. The molecule has 0 radical (unpaired) electrons. The molecular weight excluding hydrogens is 240 g/mol. The van der Waals surface area contributed by atoms with Gasteiger partial charge in [-0.15, -0.1) is 5.10 Å². The van der Waals surface area contributed by atoms with Gasteiger partial charge in [-0.05, 0) is 31.2 Å². The van der Waals surface area contributed by atoms with E-state index in [1.807, 2.05) is 49.5 Å². The monoisotopic (exact) mass is 254 g/mol. The van der Waals surface area contributed by atoms with E-state index in [2.05, 4.69) is 15.3 Å². The lowest BCUT2D eigenvalue weighted by Crippen LogP contribution is -2.00. The van der Waals surface area contributed by atoms with Crippen LogP contribution in [0.4, 0.5) is 0 Å². The van der Waals surface area contributed by atoms with E-state index in [-0.39, 0.29) is 6.10 Å². The Kier molecular flexibility index (Phi) is 2.97. The van der Waals surface area contributed by atoms with Crippen LogP contribution in [0.3, 0.4) is 0 Å². The van der Waals surface area contributed by atoms with Gasteiger partial charge in [-0.2, -0.15) is 0 Å². The fraction of sp³-hybridized carbons (Fsp3) is 0.214. The van der Waals surface area contributed by atoms with E-state index in [1.54, 1.807) is 11.6 Å². The number of fused-ring (bicyclic) bond motifs is 1. The summed E-state index contributed by atoms with van der Waals surface area (Å²) in [5, 5.41) is 8.29. The van der Waals surface area contributed by atoms with E-state index in [9.17, 15) is 0 Å². The van der Waals surface area contributed by atoms with Gasteiger partial charge in [0.15, 0.2) is 0 Å². The number of pyridine rings is 2. The highest BCUT2D eigenvalue weighted by Gasteiger charge is 2.12. The fourth-order valence-corrected chi connectivity index (χ4v) is 1.96. The van der Waals surface area contributed by atoms with Crippen molar-refractivity contribution >= 4 is 5.52 Å². The highest BCUT2D eigenvalue weighted by Crippen LogP contribution is 2.22. The molecule has 0 bridgehead atoms.